The second kappa shape index (κ2) is 7.98. The second-order valence-electron chi connectivity index (χ2n) is 5.79. The molecule has 3 rings (SSSR count). The lowest BCUT2D eigenvalue weighted by atomic mass is 10.1. The highest BCUT2D eigenvalue weighted by Crippen LogP contribution is 2.17. The lowest BCUT2D eigenvalue weighted by molar-refractivity contribution is 0.102. The van der Waals surface area contributed by atoms with Gasteiger partial charge in [0.25, 0.3) is 5.91 Å². The Hall–Kier alpha value is -3.60. The largest absolute Gasteiger partial charge is 0.323 e. The van der Waals surface area contributed by atoms with Crippen LogP contribution >= 0.6 is 0 Å². The van der Waals surface area contributed by atoms with Gasteiger partial charge < -0.3 is 16.0 Å². The third kappa shape index (κ3) is 4.48. The standard InChI is InChI=1S/C21H19N3O2/c1-15-8-5-6-13-19(15)20(25)22-17-11-7-12-18(14-17)24-21(26)23-16-9-3-2-4-10-16/h2-14H,1H3,(H,22,25)(H2,23,24,26). The predicted molar refractivity (Wildman–Crippen MR) is 105 cm³/mol. The van der Waals surface area contributed by atoms with Crippen molar-refractivity contribution in [3.05, 3.63) is 90.0 Å². The number of nitrogens with one attached hydrogen (secondary N) is 3. The number of hydrogen-bond acceptors (Lipinski definition) is 2. The van der Waals surface area contributed by atoms with E-state index in [0.29, 0.717) is 22.6 Å². The Balaban J connectivity index is 1.65. The van der Waals surface area contributed by atoms with Gasteiger partial charge in [-0.3, -0.25) is 4.79 Å². The predicted octanol–water partition coefficient (Wildman–Crippen LogP) is 4.89. The SMILES string of the molecule is Cc1ccccc1C(=O)Nc1cccc(NC(=O)Nc2ccccc2)c1. The summed E-state index contributed by atoms with van der Waals surface area (Å²) >= 11 is 0. The van der Waals surface area contributed by atoms with E-state index in [2.05, 4.69) is 16.0 Å². The molecule has 5 nitrogen and oxygen atoms in total. The molecule has 130 valence electrons. The first-order chi connectivity index (χ1) is 12.6. The molecule has 0 aliphatic heterocycles. The average molecular weight is 345 g/mol. The number of anilines is 3. The first-order valence-electron chi connectivity index (χ1n) is 8.22. The van der Waals surface area contributed by atoms with Gasteiger partial charge in [0.2, 0.25) is 0 Å². The number of para-hydroxylation sites is 1. The molecule has 0 aliphatic rings. The first-order valence-corrected chi connectivity index (χ1v) is 8.22. The Bertz CT molecular complexity index is 923. The number of urea groups is 1. The minimum Gasteiger partial charge on any atom is -0.322 e. The van der Waals surface area contributed by atoms with Gasteiger partial charge in [-0.2, -0.15) is 0 Å². The van der Waals surface area contributed by atoms with Crippen molar-refractivity contribution in [1.29, 1.82) is 0 Å². The maximum Gasteiger partial charge on any atom is 0.323 e. The van der Waals surface area contributed by atoms with Gasteiger partial charge in [0.05, 0.1) is 0 Å². The summed E-state index contributed by atoms with van der Waals surface area (Å²) < 4.78 is 0. The van der Waals surface area contributed by atoms with Crippen LogP contribution in [0.5, 0.6) is 0 Å². The van der Waals surface area contributed by atoms with E-state index < -0.39 is 0 Å². The van der Waals surface area contributed by atoms with Crippen molar-refractivity contribution in [2.45, 2.75) is 6.92 Å². The molecule has 0 fully saturated rings. The molecular weight excluding hydrogens is 326 g/mol. The maximum absolute atomic E-state index is 12.4. The molecule has 0 radical (unpaired) electrons. The van der Waals surface area contributed by atoms with E-state index in [0.717, 1.165) is 5.56 Å². The van der Waals surface area contributed by atoms with Gasteiger partial charge in [-0.25, -0.2) is 4.79 Å². The molecule has 0 spiro atoms. The zero-order chi connectivity index (χ0) is 18.4. The molecule has 5 heteroatoms. The quantitative estimate of drug-likeness (QED) is 0.630. The van der Waals surface area contributed by atoms with Crippen molar-refractivity contribution < 1.29 is 9.59 Å². The fourth-order valence-corrected chi connectivity index (χ4v) is 2.52. The minimum atomic E-state index is -0.349. The average Bonchev–Trinajstić information content (AvgIpc) is 2.63. The number of benzene rings is 3. The van der Waals surface area contributed by atoms with E-state index in [4.69, 9.17) is 0 Å². The zero-order valence-electron chi connectivity index (χ0n) is 14.3. The Kier molecular flexibility index (Phi) is 5.29. The zero-order valence-corrected chi connectivity index (χ0v) is 14.3. The smallest absolute Gasteiger partial charge is 0.322 e. The van der Waals surface area contributed by atoms with Crippen LogP contribution in [-0.2, 0) is 0 Å². The van der Waals surface area contributed by atoms with E-state index >= 15 is 0 Å². The molecule has 26 heavy (non-hydrogen) atoms. The molecule has 0 aromatic heterocycles. The summed E-state index contributed by atoms with van der Waals surface area (Å²) in [5, 5.41) is 8.35. The normalized spacial score (nSPS) is 10.0. The summed E-state index contributed by atoms with van der Waals surface area (Å²) in [6.45, 7) is 1.89. The van der Waals surface area contributed by atoms with Crippen LogP contribution in [0.15, 0.2) is 78.9 Å². The molecule has 3 aromatic rings. The van der Waals surface area contributed by atoms with Crippen LogP contribution in [0.1, 0.15) is 15.9 Å². The van der Waals surface area contributed by atoms with Crippen LogP contribution in [0.4, 0.5) is 21.9 Å². The van der Waals surface area contributed by atoms with Gasteiger partial charge in [-0.05, 0) is 48.9 Å². The summed E-state index contributed by atoms with van der Waals surface area (Å²) in [6, 6.07) is 23.2. The summed E-state index contributed by atoms with van der Waals surface area (Å²) in [7, 11) is 0. The van der Waals surface area contributed by atoms with Gasteiger partial charge in [-0.1, -0.05) is 42.5 Å². The van der Waals surface area contributed by atoms with Gasteiger partial charge in [0, 0.05) is 22.6 Å². The molecule has 3 amide bonds. The molecule has 0 saturated heterocycles. The van der Waals surface area contributed by atoms with Crippen molar-refractivity contribution in [3.8, 4) is 0 Å². The molecule has 0 atom stereocenters. The summed E-state index contributed by atoms with van der Waals surface area (Å²) in [4.78, 5) is 24.5. The molecule has 0 saturated carbocycles. The van der Waals surface area contributed by atoms with Gasteiger partial charge in [0.15, 0.2) is 0 Å². The number of carbonyl (C=O) groups excluding carboxylic acids is 2. The fourth-order valence-electron chi connectivity index (χ4n) is 2.52. The van der Waals surface area contributed by atoms with Crippen LogP contribution in [-0.4, -0.2) is 11.9 Å². The van der Waals surface area contributed by atoms with Crippen LogP contribution in [0, 0.1) is 6.92 Å². The lowest BCUT2D eigenvalue weighted by Gasteiger charge is -2.11. The van der Waals surface area contributed by atoms with Gasteiger partial charge in [-0.15, -0.1) is 0 Å². The highest BCUT2D eigenvalue weighted by atomic mass is 16.2. The molecule has 3 aromatic carbocycles. The summed E-state index contributed by atoms with van der Waals surface area (Å²) in [5.41, 5.74) is 3.42. The van der Waals surface area contributed by atoms with Crippen LogP contribution in [0.25, 0.3) is 0 Å². The van der Waals surface area contributed by atoms with E-state index in [1.54, 1.807) is 42.5 Å². The van der Waals surface area contributed by atoms with Crippen molar-refractivity contribution in [1.82, 2.24) is 0 Å². The van der Waals surface area contributed by atoms with E-state index in [-0.39, 0.29) is 11.9 Å². The highest BCUT2D eigenvalue weighted by Gasteiger charge is 2.09. The van der Waals surface area contributed by atoms with Crippen LogP contribution in [0.2, 0.25) is 0 Å². The Morgan fingerprint density at radius 1 is 0.654 bits per heavy atom. The number of hydrogen-bond donors (Lipinski definition) is 3. The first kappa shape index (κ1) is 17.2. The molecule has 0 unspecified atom stereocenters. The number of rotatable bonds is 4. The fraction of sp³-hybridized carbons (Fsp3) is 0.0476. The molecular formula is C21H19N3O2. The minimum absolute atomic E-state index is 0.186. The highest BCUT2D eigenvalue weighted by molar-refractivity contribution is 6.06. The lowest BCUT2D eigenvalue weighted by Crippen LogP contribution is -2.19. The second-order valence-corrected chi connectivity index (χ2v) is 5.79. The molecule has 0 heterocycles. The maximum atomic E-state index is 12.4. The van der Waals surface area contributed by atoms with Crippen molar-refractivity contribution >= 4 is 29.0 Å². The number of amides is 3. The van der Waals surface area contributed by atoms with Crippen molar-refractivity contribution in [2.75, 3.05) is 16.0 Å². The Morgan fingerprint density at radius 3 is 1.96 bits per heavy atom. The third-order valence-electron chi connectivity index (χ3n) is 3.80. The Morgan fingerprint density at radius 2 is 1.23 bits per heavy atom. The van der Waals surface area contributed by atoms with E-state index in [1.165, 1.54) is 0 Å². The van der Waals surface area contributed by atoms with Gasteiger partial charge >= 0.3 is 6.03 Å². The molecule has 3 N–H and O–H groups in total. The van der Waals surface area contributed by atoms with E-state index in [1.807, 2.05) is 43.3 Å². The summed E-state index contributed by atoms with van der Waals surface area (Å²) in [5.74, 6) is -0.186. The summed E-state index contributed by atoms with van der Waals surface area (Å²) in [6.07, 6.45) is 0. The van der Waals surface area contributed by atoms with Crippen molar-refractivity contribution in [2.24, 2.45) is 0 Å². The molecule has 0 aliphatic carbocycles. The topological polar surface area (TPSA) is 70.2 Å². The number of carbonyl (C=O) groups is 2. The Labute approximate surface area is 152 Å². The van der Waals surface area contributed by atoms with Crippen LogP contribution < -0.4 is 16.0 Å². The monoisotopic (exact) mass is 345 g/mol. The molecule has 0 bridgehead atoms. The van der Waals surface area contributed by atoms with E-state index in [9.17, 15) is 9.59 Å². The van der Waals surface area contributed by atoms with Gasteiger partial charge in [0.1, 0.15) is 0 Å². The van der Waals surface area contributed by atoms with Crippen molar-refractivity contribution in [3.63, 3.8) is 0 Å². The van der Waals surface area contributed by atoms with Crippen LogP contribution in [0.3, 0.4) is 0 Å². The third-order valence-corrected chi connectivity index (χ3v) is 3.80. The number of aryl methyl sites for hydroxylation is 1.